The van der Waals surface area contributed by atoms with Gasteiger partial charge in [-0.15, -0.1) is 0 Å². The van der Waals surface area contributed by atoms with Crippen LogP contribution < -0.4 is 11.5 Å². The molecule has 0 fully saturated rings. The van der Waals surface area contributed by atoms with Crippen molar-refractivity contribution in [2.24, 2.45) is 16.5 Å². The number of carbonyl (C=O) groups is 1. The van der Waals surface area contributed by atoms with Crippen LogP contribution in [-0.4, -0.2) is 32.0 Å². The molecule has 3 aromatic rings. The fourth-order valence-electron chi connectivity index (χ4n) is 3.58. The van der Waals surface area contributed by atoms with Crippen LogP contribution in [0.15, 0.2) is 35.3 Å². The van der Waals surface area contributed by atoms with Gasteiger partial charge in [0.25, 0.3) is 0 Å². The molecule has 9 heteroatoms. The largest absolute Gasteiger partial charge is 0.390 e. The van der Waals surface area contributed by atoms with Gasteiger partial charge in [0.05, 0.1) is 28.4 Å². The first kappa shape index (κ1) is 19.8. The van der Waals surface area contributed by atoms with Gasteiger partial charge in [0.1, 0.15) is 5.69 Å². The maximum Gasteiger partial charge on any atom is 0.241 e. The summed E-state index contributed by atoms with van der Waals surface area (Å²) in [7, 11) is 0. The molecule has 1 aliphatic rings. The molecule has 3 aromatic heterocycles. The third kappa shape index (κ3) is 3.69. The molecule has 0 spiro atoms. The predicted octanol–water partition coefficient (Wildman–Crippen LogP) is 3.03. The van der Waals surface area contributed by atoms with Crippen LogP contribution in [0.2, 0.25) is 5.02 Å². The fourth-order valence-corrected chi connectivity index (χ4v) is 3.69. The highest BCUT2D eigenvalue weighted by Crippen LogP contribution is 2.39. The number of nitrogens with two attached hydrogens (primary N) is 2. The van der Waals surface area contributed by atoms with E-state index in [-0.39, 0.29) is 0 Å². The summed E-state index contributed by atoms with van der Waals surface area (Å²) >= 11 is 6.17. The second-order valence-electron chi connectivity index (χ2n) is 6.88. The van der Waals surface area contributed by atoms with Crippen molar-refractivity contribution in [2.45, 2.75) is 26.3 Å². The van der Waals surface area contributed by atoms with Crippen LogP contribution in [0.4, 0.5) is 5.82 Å². The first-order valence-corrected chi connectivity index (χ1v) is 9.82. The summed E-state index contributed by atoms with van der Waals surface area (Å²) < 4.78 is 2.00. The number of hydrogen-bond donors (Lipinski definition) is 2. The lowest BCUT2D eigenvalue weighted by molar-refractivity contribution is -0.113. The third-order valence-electron chi connectivity index (χ3n) is 4.90. The van der Waals surface area contributed by atoms with E-state index in [0.29, 0.717) is 16.5 Å². The van der Waals surface area contributed by atoms with Crippen LogP contribution in [0.1, 0.15) is 23.5 Å². The molecule has 1 aliphatic heterocycles. The van der Waals surface area contributed by atoms with Crippen LogP contribution in [0, 0.1) is 6.92 Å². The monoisotopic (exact) mass is 421 g/mol. The van der Waals surface area contributed by atoms with Crippen molar-refractivity contribution in [3.63, 3.8) is 0 Å². The Morgan fingerprint density at radius 1 is 1.27 bits per heavy atom. The Kier molecular flexibility index (Phi) is 5.33. The fraction of sp³-hybridized carbons (Fsp3) is 0.190. The number of amides is 1. The number of nitrogens with zero attached hydrogens (tertiary/aromatic N) is 5. The molecule has 4 rings (SSSR count). The van der Waals surface area contributed by atoms with Crippen molar-refractivity contribution in [3.05, 3.63) is 52.4 Å². The van der Waals surface area contributed by atoms with Crippen molar-refractivity contribution in [3.8, 4) is 22.5 Å². The number of hydrogen-bond acceptors (Lipinski definition) is 5. The van der Waals surface area contributed by atoms with Gasteiger partial charge in [-0.2, -0.15) is 5.10 Å². The number of halogens is 1. The van der Waals surface area contributed by atoms with Crippen molar-refractivity contribution >= 4 is 35.7 Å². The molecule has 0 aromatic carbocycles. The van der Waals surface area contributed by atoms with E-state index in [1.165, 1.54) is 12.4 Å². The molecule has 4 N–H and O–H groups in total. The second kappa shape index (κ2) is 8.08. The van der Waals surface area contributed by atoms with E-state index in [4.69, 9.17) is 28.2 Å². The average molecular weight is 422 g/mol. The number of aromatic nitrogens is 4. The number of carbonyl (C=O) groups excluding carboxylic acids is 1. The average Bonchev–Trinajstić information content (AvgIpc) is 3.30. The van der Waals surface area contributed by atoms with Gasteiger partial charge in [-0.3, -0.25) is 9.48 Å². The number of aryl methyl sites for hydroxylation is 2. The molecule has 0 unspecified atom stereocenters. The zero-order valence-corrected chi connectivity index (χ0v) is 17.1. The Balaban J connectivity index is 1.96. The Hall–Kier alpha value is -3.52. The Labute approximate surface area is 178 Å². The van der Waals surface area contributed by atoms with Gasteiger partial charge in [0, 0.05) is 29.4 Å². The van der Waals surface area contributed by atoms with Crippen LogP contribution >= 0.6 is 11.6 Å². The van der Waals surface area contributed by atoms with Gasteiger partial charge in [-0.1, -0.05) is 11.6 Å². The van der Waals surface area contributed by atoms with Crippen molar-refractivity contribution < 1.29 is 4.79 Å². The van der Waals surface area contributed by atoms with Crippen LogP contribution in [-0.2, 0) is 17.8 Å². The van der Waals surface area contributed by atoms with Gasteiger partial charge in [-0.25, -0.2) is 15.0 Å². The standard InChI is InChI=1S/C21H20ClN7O/c1-12-14(22)5-6-16(26-12)21-20(17-3-2-10-29(17)28-21)13-4-9-19(25-11-23)27-15(13)7-8-18(24)30/h4-9,11H,2-3,10H2,1H3,(H2,24,30)(H2,23,25,27)/b8-7+. The summed E-state index contributed by atoms with van der Waals surface area (Å²) in [4.78, 5) is 24.5. The Morgan fingerprint density at radius 3 is 2.83 bits per heavy atom. The lowest BCUT2D eigenvalue weighted by Crippen LogP contribution is -2.05. The SMILES string of the molecule is Cc1nc(-c2nn3c(c2-c2ccc(N=CN)nc2/C=C/C(N)=O)CCC3)ccc1Cl. The van der Waals surface area contributed by atoms with E-state index in [2.05, 4.69) is 15.0 Å². The third-order valence-corrected chi connectivity index (χ3v) is 5.30. The molecule has 30 heavy (non-hydrogen) atoms. The Bertz CT molecular complexity index is 1200. The number of primary amides is 1. The molecule has 0 aliphatic carbocycles. The summed E-state index contributed by atoms with van der Waals surface area (Å²) in [5.74, 6) is -0.137. The highest BCUT2D eigenvalue weighted by molar-refractivity contribution is 6.31. The van der Waals surface area contributed by atoms with Crippen LogP contribution in [0.5, 0.6) is 0 Å². The smallest absolute Gasteiger partial charge is 0.241 e. The number of pyridine rings is 2. The molecular weight excluding hydrogens is 402 g/mol. The molecule has 8 nitrogen and oxygen atoms in total. The second-order valence-corrected chi connectivity index (χ2v) is 7.28. The van der Waals surface area contributed by atoms with Gasteiger partial charge in [0.15, 0.2) is 5.82 Å². The molecular formula is C21H20ClN7O. The van der Waals surface area contributed by atoms with Crippen molar-refractivity contribution in [1.29, 1.82) is 0 Å². The lowest BCUT2D eigenvalue weighted by Gasteiger charge is -2.10. The molecule has 152 valence electrons. The quantitative estimate of drug-likeness (QED) is 0.372. The van der Waals surface area contributed by atoms with E-state index < -0.39 is 5.91 Å². The maximum absolute atomic E-state index is 11.3. The molecule has 0 saturated carbocycles. The molecule has 1 amide bonds. The number of fused-ring (bicyclic) bond motifs is 1. The molecule has 0 saturated heterocycles. The van der Waals surface area contributed by atoms with Crippen LogP contribution in [0.3, 0.4) is 0 Å². The summed E-state index contributed by atoms with van der Waals surface area (Å²) in [5, 5.41) is 5.42. The van der Waals surface area contributed by atoms with E-state index in [0.717, 1.165) is 53.3 Å². The Morgan fingerprint density at radius 2 is 2.10 bits per heavy atom. The zero-order valence-electron chi connectivity index (χ0n) is 16.3. The summed E-state index contributed by atoms with van der Waals surface area (Å²) in [6.45, 7) is 2.70. The first-order valence-electron chi connectivity index (χ1n) is 9.44. The van der Waals surface area contributed by atoms with Gasteiger partial charge in [-0.05, 0) is 50.1 Å². The van der Waals surface area contributed by atoms with E-state index in [1.54, 1.807) is 12.1 Å². The van der Waals surface area contributed by atoms with Crippen molar-refractivity contribution in [1.82, 2.24) is 19.7 Å². The van der Waals surface area contributed by atoms with E-state index in [1.807, 2.05) is 29.8 Å². The minimum absolute atomic E-state index is 0.427. The minimum Gasteiger partial charge on any atom is -0.390 e. The maximum atomic E-state index is 11.3. The van der Waals surface area contributed by atoms with E-state index in [9.17, 15) is 4.79 Å². The highest BCUT2D eigenvalue weighted by atomic mass is 35.5. The van der Waals surface area contributed by atoms with Gasteiger partial charge >= 0.3 is 0 Å². The number of rotatable bonds is 5. The van der Waals surface area contributed by atoms with Crippen LogP contribution in [0.25, 0.3) is 28.6 Å². The molecule has 0 radical (unpaired) electrons. The molecule has 0 atom stereocenters. The molecule has 4 heterocycles. The lowest BCUT2D eigenvalue weighted by atomic mass is 9.98. The summed E-state index contributed by atoms with van der Waals surface area (Å²) in [6.07, 6.45) is 5.92. The minimum atomic E-state index is -0.564. The summed E-state index contributed by atoms with van der Waals surface area (Å²) in [5.41, 5.74) is 16.3. The highest BCUT2D eigenvalue weighted by Gasteiger charge is 2.26. The van der Waals surface area contributed by atoms with Crippen molar-refractivity contribution in [2.75, 3.05) is 0 Å². The number of aliphatic imine (C=N–C) groups is 1. The predicted molar refractivity (Wildman–Crippen MR) is 117 cm³/mol. The van der Waals surface area contributed by atoms with E-state index >= 15 is 0 Å². The van der Waals surface area contributed by atoms with Gasteiger partial charge in [0.2, 0.25) is 5.91 Å². The topological polar surface area (TPSA) is 125 Å². The molecule has 0 bridgehead atoms. The zero-order chi connectivity index (χ0) is 21.3. The normalized spacial score (nSPS) is 13.4. The van der Waals surface area contributed by atoms with Gasteiger partial charge < -0.3 is 11.5 Å². The first-order chi connectivity index (χ1) is 14.5. The summed E-state index contributed by atoms with van der Waals surface area (Å²) in [6, 6.07) is 7.34.